The van der Waals surface area contributed by atoms with Crippen molar-refractivity contribution in [1.29, 1.82) is 0 Å². The van der Waals surface area contributed by atoms with Crippen molar-refractivity contribution < 1.29 is 13.5 Å². The smallest absolute Gasteiger partial charge is 0.175 e. The van der Waals surface area contributed by atoms with Crippen LogP contribution in [-0.4, -0.2) is 24.8 Å². The number of benzene rings is 1. The molecule has 1 aromatic heterocycles. The van der Waals surface area contributed by atoms with Crippen LogP contribution in [0.3, 0.4) is 0 Å². The second-order valence-corrected chi connectivity index (χ2v) is 5.75. The molecule has 0 radical (unpaired) electrons. The van der Waals surface area contributed by atoms with Crippen LogP contribution in [0.5, 0.6) is 5.75 Å². The van der Waals surface area contributed by atoms with Crippen molar-refractivity contribution in [2.75, 3.05) is 6.26 Å². The van der Waals surface area contributed by atoms with Crippen LogP contribution >= 0.6 is 0 Å². The lowest BCUT2D eigenvalue weighted by Gasteiger charge is -2.05. The summed E-state index contributed by atoms with van der Waals surface area (Å²) in [7, 11) is -3.34. The minimum atomic E-state index is -3.34. The number of rotatable bonds is 2. The molecule has 1 aromatic carbocycles. The summed E-state index contributed by atoms with van der Waals surface area (Å²) < 4.78 is 22.9. The maximum Gasteiger partial charge on any atom is 0.175 e. The lowest BCUT2D eigenvalue weighted by molar-refractivity contribution is 0.473. The molecule has 0 atom stereocenters. The van der Waals surface area contributed by atoms with E-state index in [2.05, 4.69) is 4.98 Å². The molecule has 1 N–H and O–H groups in total. The van der Waals surface area contributed by atoms with E-state index >= 15 is 0 Å². The highest BCUT2D eigenvalue weighted by Gasteiger charge is 2.10. The van der Waals surface area contributed by atoms with E-state index in [0.717, 1.165) is 11.8 Å². The largest absolute Gasteiger partial charge is 0.508 e. The first-order chi connectivity index (χ1) is 7.97. The highest BCUT2D eigenvalue weighted by Crippen LogP contribution is 2.26. The zero-order valence-electron chi connectivity index (χ0n) is 9.16. The van der Waals surface area contributed by atoms with Crippen LogP contribution < -0.4 is 0 Å². The van der Waals surface area contributed by atoms with Gasteiger partial charge >= 0.3 is 0 Å². The first kappa shape index (κ1) is 11.6. The highest BCUT2D eigenvalue weighted by atomic mass is 32.2. The second kappa shape index (κ2) is 4.18. The molecule has 0 aliphatic rings. The molecule has 5 heteroatoms. The van der Waals surface area contributed by atoms with Gasteiger partial charge in [-0.15, -0.1) is 0 Å². The Kier molecular flexibility index (Phi) is 2.85. The summed E-state index contributed by atoms with van der Waals surface area (Å²) in [6, 6.07) is 7.81. The summed E-state index contributed by atoms with van der Waals surface area (Å²) in [6.45, 7) is 0. The number of aromatic nitrogens is 1. The summed E-state index contributed by atoms with van der Waals surface area (Å²) >= 11 is 0. The Balaban J connectivity index is 2.61. The molecule has 0 aliphatic carbocycles. The topological polar surface area (TPSA) is 67.3 Å². The summed E-state index contributed by atoms with van der Waals surface area (Å²) in [6.07, 6.45) is 4.35. The molecule has 4 nitrogen and oxygen atoms in total. The maximum atomic E-state index is 11.4. The molecule has 0 fully saturated rings. The van der Waals surface area contributed by atoms with Gasteiger partial charge in [0.05, 0.1) is 4.90 Å². The first-order valence-corrected chi connectivity index (χ1v) is 6.80. The van der Waals surface area contributed by atoms with E-state index in [0.29, 0.717) is 5.56 Å². The fraction of sp³-hybridized carbons (Fsp3) is 0.0833. The van der Waals surface area contributed by atoms with E-state index in [1.54, 1.807) is 24.5 Å². The van der Waals surface area contributed by atoms with E-state index in [4.69, 9.17) is 0 Å². The van der Waals surface area contributed by atoms with Crippen molar-refractivity contribution in [3.63, 3.8) is 0 Å². The normalized spacial score (nSPS) is 11.4. The number of nitrogens with zero attached hydrogens (tertiary/aromatic N) is 1. The third-order valence-electron chi connectivity index (χ3n) is 2.31. The number of pyridine rings is 1. The third kappa shape index (κ3) is 2.62. The zero-order chi connectivity index (χ0) is 12.5. The van der Waals surface area contributed by atoms with Gasteiger partial charge in [0.2, 0.25) is 0 Å². The third-order valence-corrected chi connectivity index (χ3v) is 3.41. The number of hydrogen-bond acceptors (Lipinski definition) is 4. The Hall–Kier alpha value is -1.88. The molecule has 0 aliphatic heterocycles. The molecule has 0 unspecified atom stereocenters. The fourth-order valence-corrected chi connectivity index (χ4v) is 2.17. The molecule has 0 saturated carbocycles. The van der Waals surface area contributed by atoms with Gasteiger partial charge in [0.15, 0.2) is 9.84 Å². The molecular formula is C12H11NO3S. The molecule has 0 amide bonds. The zero-order valence-corrected chi connectivity index (χ0v) is 9.98. The Bertz CT molecular complexity index is 636. The predicted octanol–water partition coefficient (Wildman–Crippen LogP) is 1.86. The van der Waals surface area contributed by atoms with Gasteiger partial charge in [0, 0.05) is 24.2 Å². The first-order valence-electron chi connectivity index (χ1n) is 4.91. The molecule has 0 saturated heterocycles. The van der Waals surface area contributed by atoms with E-state index in [1.165, 1.54) is 18.2 Å². The minimum Gasteiger partial charge on any atom is -0.508 e. The standard InChI is InChI=1S/C12H11NO3S/c1-17(15,16)12-6-10(5-11(14)7-12)9-3-2-4-13-8-9/h2-8,14H,1H3. The predicted molar refractivity (Wildman–Crippen MR) is 64.4 cm³/mol. The number of sulfone groups is 1. The molecule has 2 aromatic rings. The Morgan fingerprint density at radius 3 is 2.53 bits per heavy atom. The van der Waals surface area contributed by atoms with Gasteiger partial charge in [-0.05, 0) is 29.8 Å². The van der Waals surface area contributed by atoms with Crippen molar-refractivity contribution in [2.24, 2.45) is 0 Å². The van der Waals surface area contributed by atoms with E-state index in [9.17, 15) is 13.5 Å². The lowest BCUT2D eigenvalue weighted by atomic mass is 10.1. The Morgan fingerprint density at radius 2 is 1.94 bits per heavy atom. The monoisotopic (exact) mass is 249 g/mol. The molecule has 0 bridgehead atoms. The van der Waals surface area contributed by atoms with Crippen LogP contribution in [0.4, 0.5) is 0 Å². The summed E-state index contributed by atoms with van der Waals surface area (Å²) in [5, 5.41) is 9.53. The Morgan fingerprint density at radius 1 is 1.18 bits per heavy atom. The number of hydrogen-bond donors (Lipinski definition) is 1. The molecular weight excluding hydrogens is 238 g/mol. The van der Waals surface area contributed by atoms with Crippen LogP contribution in [0.25, 0.3) is 11.1 Å². The molecule has 17 heavy (non-hydrogen) atoms. The SMILES string of the molecule is CS(=O)(=O)c1cc(O)cc(-c2cccnc2)c1. The van der Waals surface area contributed by atoms with Gasteiger partial charge in [-0.25, -0.2) is 8.42 Å². The van der Waals surface area contributed by atoms with Crippen LogP contribution in [0.2, 0.25) is 0 Å². The van der Waals surface area contributed by atoms with Crippen LogP contribution in [0.1, 0.15) is 0 Å². The molecule has 0 spiro atoms. The van der Waals surface area contributed by atoms with Crippen molar-refractivity contribution in [1.82, 2.24) is 4.98 Å². The number of phenolic OH excluding ortho intramolecular Hbond substituents is 1. The van der Waals surface area contributed by atoms with Gasteiger partial charge in [-0.2, -0.15) is 0 Å². The van der Waals surface area contributed by atoms with E-state index in [-0.39, 0.29) is 10.6 Å². The van der Waals surface area contributed by atoms with Crippen molar-refractivity contribution in [3.8, 4) is 16.9 Å². The average molecular weight is 249 g/mol. The Labute approximate surface area is 99.5 Å². The van der Waals surface area contributed by atoms with Crippen LogP contribution in [0.15, 0.2) is 47.6 Å². The summed E-state index contributed by atoms with van der Waals surface area (Å²) in [4.78, 5) is 4.05. The van der Waals surface area contributed by atoms with E-state index in [1.807, 2.05) is 0 Å². The lowest BCUT2D eigenvalue weighted by Crippen LogP contribution is -1.97. The summed E-state index contributed by atoms with van der Waals surface area (Å²) in [5.41, 5.74) is 1.38. The van der Waals surface area contributed by atoms with Crippen LogP contribution in [0, 0.1) is 0 Å². The van der Waals surface area contributed by atoms with Crippen LogP contribution in [-0.2, 0) is 9.84 Å². The van der Waals surface area contributed by atoms with Gasteiger partial charge in [-0.1, -0.05) is 6.07 Å². The van der Waals surface area contributed by atoms with Gasteiger partial charge < -0.3 is 5.11 Å². The average Bonchev–Trinajstić information content (AvgIpc) is 2.28. The molecule has 2 rings (SSSR count). The van der Waals surface area contributed by atoms with Gasteiger partial charge in [0.1, 0.15) is 5.75 Å². The maximum absolute atomic E-state index is 11.4. The van der Waals surface area contributed by atoms with Crippen molar-refractivity contribution >= 4 is 9.84 Å². The van der Waals surface area contributed by atoms with Crippen molar-refractivity contribution in [2.45, 2.75) is 4.90 Å². The molecule has 88 valence electrons. The van der Waals surface area contributed by atoms with E-state index < -0.39 is 9.84 Å². The molecule has 1 heterocycles. The number of aromatic hydroxyl groups is 1. The quantitative estimate of drug-likeness (QED) is 0.882. The second-order valence-electron chi connectivity index (χ2n) is 3.73. The highest BCUT2D eigenvalue weighted by molar-refractivity contribution is 7.90. The summed E-state index contributed by atoms with van der Waals surface area (Å²) in [5.74, 6) is -0.0771. The van der Waals surface area contributed by atoms with Gasteiger partial charge in [-0.3, -0.25) is 4.98 Å². The van der Waals surface area contributed by atoms with Gasteiger partial charge in [0.25, 0.3) is 0 Å². The number of phenols is 1. The van der Waals surface area contributed by atoms with Crippen molar-refractivity contribution in [3.05, 3.63) is 42.7 Å². The fourth-order valence-electron chi connectivity index (χ4n) is 1.50. The minimum absolute atomic E-state index is 0.0771.